The Labute approximate surface area is 118 Å². The second kappa shape index (κ2) is 4.84. The minimum atomic E-state index is -3.70. The molecular formula is C11H18N4O2S2. The molecule has 0 radical (unpaired) electrons. The largest absolute Gasteiger partial charge is 0.392 e. The third kappa shape index (κ3) is 2.65. The Bertz CT molecular complexity index is 581. The molecule has 1 heterocycles. The van der Waals surface area contributed by atoms with Crippen LogP contribution in [-0.4, -0.2) is 28.5 Å². The molecule has 1 saturated carbocycles. The Morgan fingerprint density at radius 3 is 2.53 bits per heavy atom. The summed E-state index contributed by atoms with van der Waals surface area (Å²) in [5.74, 6) is 0.635. The van der Waals surface area contributed by atoms with E-state index in [1.165, 1.54) is 6.20 Å². The number of hydrogen-bond acceptors (Lipinski definition) is 4. The van der Waals surface area contributed by atoms with Crippen molar-refractivity contribution in [3.05, 3.63) is 12.0 Å². The molecule has 0 bridgehead atoms. The van der Waals surface area contributed by atoms with E-state index >= 15 is 0 Å². The molecule has 0 saturated heterocycles. The van der Waals surface area contributed by atoms with Gasteiger partial charge in [-0.1, -0.05) is 25.1 Å². The molecule has 0 unspecified atom stereocenters. The van der Waals surface area contributed by atoms with E-state index < -0.39 is 15.6 Å². The van der Waals surface area contributed by atoms with Crippen LogP contribution in [-0.2, 0) is 17.1 Å². The molecule has 3 N–H and O–H groups in total. The lowest BCUT2D eigenvalue weighted by molar-refractivity contribution is 0.501. The lowest BCUT2D eigenvalue weighted by Gasteiger charge is -2.28. The van der Waals surface area contributed by atoms with Crippen LogP contribution >= 0.6 is 12.2 Å². The molecule has 0 spiro atoms. The summed E-state index contributed by atoms with van der Waals surface area (Å²) in [5, 5.41) is 0.00928. The van der Waals surface area contributed by atoms with E-state index in [4.69, 9.17) is 18.0 Å². The summed E-state index contributed by atoms with van der Waals surface area (Å²) in [6.07, 6.45) is 4.61. The van der Waals surface area contributed by atoms with Gasteiger partial charge in [-0.3, -0.25) is 0 Å². The van der Waals surface area contributed by atoms with Crippen molar-refractivity contribution in [2.24, 2.45) is 12.8 Å². The van der Waals surface area contributed by atoms with Crippen LogP contribution in [0.15, 0.2) is 11.2 Å². The Kier molecular flexibility index (Phi) is 3.67. The molecule has 106 valence electrons. The highest BCUT2D eigenvalue weighted by Gasteiger charge is 2.41. The highest BCUT2D eigenvalue weighted by atomic mass is 32.2. The molecule has 0 aromatic carbocycles. The number of sulfonamides is 1. The molecular weight excluding hydrogens is 284 g/mol. The zero-order valence-corrected chi connectivity index (χ0v) is 12.6. The van der Waals surface area contributed by atoms with E-state index in [9.17, 15) is 8.42 Å². The van der Waals surface area contributed by atoms with Crippen molar-refractivity contribution in [1.29, 1.82) is 0 Å². The van der Waals surface area contributed by atoms with E-state index in [0.29, 0.717) is 18.7 Å². The summed E-state index contributed by atoms with van der Waals surface area (Å²) in [4.78, 5) is 4.25. The average molecular weight is 302 g/mol. The number of nitrogens with one attached hydrogen (secondary N) is 1. The summed E-state index contributed by atoms with van der Waals surface area (Å²) in [7, 11) is -1.95. The van der Waals surface area contributed by atoms with E-state index in [1.807, 2.05) is 0 Å². The average Bonchev–Trinajstić information content (AvgIpc) is 2.88. The molecule has 6 nitrogen and oxygen atoms in total. The van der Waals surface area contributed by atoms with Gasteiger partial charge in [-0.15, -0.1) is 0 Å². The van der Waals surface area contributed by atoms with Gasteiger partial charge >= 0.3 is 0 Å². The number of nitrogens with two attached hydrogens (primary N) is 1. The van der Waals surface area contributed by atoms with Gasteiger partial charge in [-0.25, -0.2) is 13.4 Å². The van der Waals surface area contributed by atoms with Crippen molar-refractivity contribution in [2.45, 2.75) is 43.2 Å². The zero-order valence-electron chi connectivity index (χ0n) is 11.0. The summed E-state index contributed by atoms with van der Waals surface area (Å²) >= 11 is 5.04. The summed E-state index contributed by atoms with van der Waals surface area (Å²) < 4.78 is 29.0. The molecule has 2 rings (SSSR count). The Hall–Kier alpha value is -0.990. The number of hydrogen-bond donors (Lipinski definition) is 2. The monoisotopic (exact) mass is 302 g/mol. The van der Waals surface area contributed by atoms with Gasteiger partial charge in [-0.2, -0.15) is 4.72 Å². The Morgan fingerprint density at radius 1 is 1.53 bits per heavy atom. The van der Waals surface area contributed by atoms with Gasteiger partial charge in [0.25, 0.3) is 10.0 Å². The van der Waals surface area contributed by atoms with Gasteiger partial charge in [0.15, 0.2) is 5.03 Å². The van der Waals surface area contributed by atoms with Crippen molar-refractivity contribution < 1.29 is 8.42 Å². The molecule has 0 amide bonds. The summed E-state index contributed by atoms with van der Waals surface area (Å²) in [6, 6.07) is 0. The van der Waals surface area contributed by atoms with Gasteiger partial charge in [0.05, 0.1) is 10.5 Å². The van der Waals surface area contributed by atoms with E-state index in [0.717, 1.165) is 12.8 Å². The topological polar surface area (TPSA) is 90.0 Å². The third-order valence-electron chi connectivity index (χ3n) is 3.62. The van der Waals surface area contributed by atoms with Crippen LogP contribution in [0.1, 0.15) is 31.5 Å². The standard InChI is InChI=1S/C11H18N4O2S2/c1-8-13-9(7-15(8)2)19(16,17)14-11(10(12)18)5-3-4-6-11/h7,14H,3-6H2,1-2H3,(H2,12,18). The van der Waals surface area contributed by atoms with Gasteiger partial charge < -0.3 is 10.3 Å². The van der Waals surface area contributed by atoms with E-state index in [2.05, 4.69) is 9.71 Å². The first-order chi connectivity index (χ1) is 8.77. The second-order valence-corrected chi connectivity index (χ2v) is 7.07. The summed E-state index contributed by atoms with van der Waals surface area (Å²) in [6.45, 7) is 1.75. The van der Waals surface area contributed by atoms with Crippen molar-refractivity contribution in [2.75, 3.05) is 0 Å². The number of aryl methyl sites for hydroxylation is 2. The molecule has 8 heteroatoms. The second-order valence-electron chi connectivity index (χ2n) is 5.00. The smallest absolute Gasteiger partial charge is 0.260 e. The van der Waals surface area contributed by atoms with Gasteiger partial charge in [0, 0.05) is 13.2 Å². The zero-order chi connectivity index (χ0) is 14.3. The molecule has 1 aromatic heterocycles. The predicted molar refractivity (Wildman–Crippen MR) is 76.3 cm³/mol. The maximum absolute atomic E-state index is 12.4. The predicted octanol–water partition coefficient (Wildman–Crippen LogP) is 0.606. The van der Waals surface area contributed by atoms with Crippen molar-refractivity contribution in [1.82, 2.24) is 14.3 Å². The molecule has 0 aliphatic heterocycles. The number of aromatic nitrogens is 2. The van der Waals surface area contributed by atoms with Gasteiger partial charge in [0.2, 0.25) is 0 Å². The molecule has 1 aliphatic rings. The minimum Gasteiger partial charge on any atom is -0.392 e. The number of rotatable bonds is 4. The third-order valence-corrected chi connectivity index (χ3v) is 5.42. The number of thiocarbonyl (C=S) groups is 1. The first kappa shape index (κ1) is 14.4. The lowest BCUT2D eigenvalue weighted by Crippen LogP contribution is -2.54. The Morgan fingerprint density at radius 2 is 2.11 bits per heavy atom. The minimum absolute atomic E-state index is 0.00928. The molecule has 1 fully saturated rings. The number of imidazole rings is 1. The highest BCUT2D eigenvalue weighted by molar-refractivity contribution is 7.89. The normalized spacial score (nSPS) is 18.6. The summed E-state index contributed by atoms with van der Waals surface area (Å²) in [5.41, 5.74) is 4.94. The SMILES string of the molecule is Cc1nc(S(=O)(=O)NC2(C(N)=S)CCCC2)cn1C. The van der Waals surface area contributed by atoms with Crippen LogP contribution in [0, 0.1) is 6.92 Å². The van der Waals surface area contributed by atoms with Gasteiger partial charge in [0.1, 0.15) is 5.82 Å². The van der Waals surface area contributed by atoms with Crippen molar-refractivity contribution in [3.63, 3.8) is 0 Å². The Balaban J connectivity index is 2.33. The molecule has 1 aromatic rings. The lowest BCUT2D eigenvalue weighted by atomic mass is 10.00. The molecule has 1 aliphatic carbocycles. The van der Waals surface area contributed by atoms with Crippen LogP contribution in [0.5, 0.6) is 0 Å². The first-order valence-corrected chi connectivity index (χ1v) is 8.00. The van der Waals surface area contributed by atoms with Crippen molar-refractivity contribution in [3.8, 4) is 0 Å². The van der Waals surface area contributed by atoms with Gasteiger partial charge in [-0.05, 0) is 19.8 Å². The van der Waals surface area contributed by atoms with Crippen molar-refractivity contribution >= 4 is 27.2 Å². The van der Waals surface area contributed by atoms with Crippen LogP contribution in [0.2, 0.25) is 0 Å². The quantitative estimate of drug-likeness (QED) is 0.795. The fourth-order valence-corrected chi connectivity index (χ4v) is 4.14. The van der Waals surface area contributed by atoms with Crippen LogP contribution in [0.25, 0.3) is 0 Å². The first-order valence-electron chi connectivity index (χ1n) is 6.11. The molecule has 0 atom stereocenters. The molecule has 19 heavy (non-hydrogen) atoms. The van der Waals surface area contributed by atoms with E-state index in [-0.39, 0.29) is 10.0 Å². The number of nitrogens with zero attached hydrogens (tertiary/aromatic N) is 2. The van der Waals surface area contributed by atoms with E-state index in [1.54, 1.807) is 18.5 Å². The maximum atomic E-state index is 12.4. The van der Waals surface area contributed by atoms with Crippen LogP contribution < -0.4 is 10.5 Å². The maximum Gasteiger partial charge on any atom is 0.260 e. The highest BCUT2D eigenvalue weighted by Crippen LogP contribution is 2.31. The fraction of sp³-hybridized carbons (Fsp3) is 0.636. The fourth-order valence-electron chi connectivity index (χ4n) is 2.34. The van der Waals surface area contributed by atoms with Crippen LogP contribution in [0.4, 0.5) is 0 Å². The van der Waals surface area contributed by atoms with Crippen LogP contribution in [0.3, 0.4) is 0 Å².